The van der Waals surface area contributed by atoms with E-state index in [-0.39, 0.29) is 11.8 Å². The summed E-state index contributed by atoms with van der Waals surface area (Å²) in [6.45, 7) is 9.23. The van der Waals surface area contributed by atoms with Gasteiger partial charge in [0.25, 0.3) is 5.70 Å². The summed E-state index contributed by atoms with van der Waals surface area (Å²) in [5.41, 5.74) is 5.14. The first-order valence-electron chi connectivity index (χ1n) is 13.6. The van der Waals surface area contributed by atoms with Crippen molar-refractivity contribution in [2.45, 2.75) is 19.4 Å². The molecule has 6 rings (SSSR count). The number of anilines is 3. The smallest absolute Gasteiger partial charge is 0.265 e. The second kappa shape index (κ2) is 11.3. The Hall–Kier alpha value is -5.58. The van der Waals surface area contributed by atoms with Gasteiger partial charge in [-0.2, -0.15) is 0 Å². The van der Waals surface area contributed by atoms with Crippen molar-refractivity contribution in [2.75, 3.05) is 4.90 Å². The van der Waals surface area contributed by atoms with Crippen molar-refractivity contribution in [1.82, 2.24) is 0 Å². The van der Waals surface area contributed by atoms with Gasteiger partial charge in [-0.3, -0.25) is 0 Å². The number of benzene rings is 5. The average Bonchev–Trinajstić information content (AvgIpc) is 3.01. The first-order chi connectivity index (χ1) is 20.1. The van der Waals surface area contributed by atoms with Gasteiger partial charge in [-0.15, -0.1) is 0 Å². The molecule has 0 aliphatic carbocycles. The molecule has 41 heavy (non-hydrogen) atoms. The lowest BCUT2D eigenvalue weighted by Gasteiger charge is -2.28. The predicted octanol–water partition coefficient (Wildman–Crippen LogP) is 9.87. The van der Waals surface area contributed by atoms with Crippen LogP contribution in [0.25, 0.3) is 32.5 Å². The number of nitriles is 1. The Balaban J connectivity index is 1.41. The summed E-state index contributed by atoms with van der Waals surface area (Å²) in [7, 11) is 0. The fourth-order valence-electron chi connectivity index (χ4n) is 5.40. The molecule has 0 saturated carbocycles. The summed E-state index contributed by atoms with van der Waals surface area (Å²) in [5.74, 6) is 0.646. The predicted molar refractivity (Wildman–Crippen MR) is 168 cm³/mol. The van der Waals surface area contributed by atoms with Crippen molar-refractivity contribution in [3.8, 4) is 6.07 Å². The maximum absolute atomic E-state index is 9.30. The molecule has 1 unspecified atom stereocenters. The van der Waals surface area contributed by atoms with E-state index in [9.17, 15) is 5.26 Å². The zero-order chi connectivity index (χ0) is 28.2. The molecule has 0 fully saturated rings. The lowest BCUT2D eigenvalue weighted by atomic mass is 10.0. The van der Waals surface area contributed by atoms with E-state index in [4.69, 9.17) is 11.3 Å². The Labute approximate surface area is 240 Å². The van der Waals surface area contributed by atoms with Crippen LogP contribution in [0.5, 0.6) is 0 Å². The van der Waals surface area contributed by atoms with E-state index >= 15 is 0 Å². The Morgan fingerprint density at radius 2 is 1.41 bits per heavy atom. The average molecular weight is 530 g/mol. The first kappa shape index (κ1) is 25.7. The standard InChI is InChI=1S/C37H27N3O/c1-26-23-30(35(25-38)39-2)24-32(41-26)22-19-27-17-20-31(21-18-27)40(36-15-7-11-28-9-3-5-13-33(28)36)37-16-8-12-29-10-4-6-14-34(29)37/h3-22,24,26H,23H2,1H3/b22-19+,35-30-. The van der Waals surface area contributed by atoms with E-state index in [1.165, 1.54) is 21.5 Å². The highest BCUT2D eigenvalue weighted by Crippen LogP contribution is 2.41. The fourth-order valence-corrected chi connectivity index (χ4v) is 5.40. The molecule has 1 heterocycles. The van der Waals surface area contributed by atoms with Crippen LogP contribution in [0, 0.1) is 17.9 Å². The zero-order valence-corrected chi connectivity index (χ0v) is 22.7. The van der Waals surface area contributed by atoms with E-state index in [2.05, 4.69) is 119 Å². The Morgan fingerprint density at radius 1 is 0.829 bits per heavy atom. The van der Waals surface area contributed by atoms with Gasteiger partial charge in [0.1, 0.15) is 5.76 Å². The van der Waals surface area contributed by atoms with Crippen LogP contribution >= 0.6 is 0 Å². The topological polar surface area (TPSA) is 40.6 Å². The van der Waals surface area contributed by atoms with Crippen LogP contribution < -0.4 is 4.90 Å². The minimum atomic E-state index is -0.0999. The second-order valence-electron chi connectivity index (χ2n) is 10.0. The van der Waals surface area contributed by atoms with Gasteiger partial charge in [-0.25, -0.2) is 10.1 Å². The maximum atomic E-state index is 9.30. The second-order valence-corrected chi connectivity index (χ2v) is 10.0. The maximum Gasteiger partial charge on any atom is 0.265 e. The molecule has 0 N–H and O–H groups in total. The van der Waals surface area contributed by atoms with Crippen molar-refractivity contribution < 1.29 is 4.74 Å². The van der Waals surface area contributed by atoms with Crippen LogP contribution in [0.3, 0.4) is 0 Å². The summed E-state index contributed by atoms with van der Waals surface area (Å²) in [5, 5.41) is 14.0. The van der Waals surface area contributed by atoms with Crippen LogP contribution in [0.2, 0.25) is 0 Å². The molecule has 1 aliphatic heterocycles. The van der Waals surface area contributed by atoms with Gasteiger partial charge in [0.05, 0.1) is 30.1 Å². The molecule has 0 aromatic heterocycles. The number of fused-ring (bicyclic) bond motifs is 2. The van der Waals surface area contributed by atoms with Crippen molar-refractivity contribution in [3.63, 3.8) is 0 Å². The Kier molecular flexibility index (Phi) is 7.06. The van der Waals surface area contributed by atoms with Crippen LogP contribution in [-0.4, -0.2) is 6.10 Å². The van der Waals surface area contributed by atoms with Crippen LogP contribution in [0.4, 0.5) is 17.1 Å². The van der Waals surface area contributed by atoms with Crippen molar-refractivity contribution in [3.05, 3.63) is 155 Å². The van der Waals surface area contributed by atoms with Crippen molar-refractivity contribution in [2.24, 2.45) is 0 Å². The van der Waals surface area contributed by atoms with Gasteiger partial charge in [-0.1, -0.05) is 91.0 Å². The molecule has 4 heteroatoms. The summed E-state index contributed by atoms with van der Waals surface area (Å²) in [6, 6.07) is 40.3. The molecule has 0 saturated heterocycles. The van der Waals surface area contributed by atoms with Gasteiger partial charge in [0.15, 0.2) is 0 Å². The van der Waals surface area contributed by atoms with E-state index in [0.29, 0.717) is 12.2 Å². The minimum absolute atomic E-state index is 0.0999. The molecule has 4 nitrogen and oxygen atoms in total. The summed E-state index contributed by atoms with van der Waals surface area (Å²) in [4.78, 5) is 5.70. The molecule has 0 amide bonds. The van der Waals surface area contributed by atoms with Gasteiger partial charge in [0.2, 0.25) is 0 Å². The molecule has 0 radical (unpaired) electrons. The minimum Gasteiger partial charge on any atom is -0.490 e. The van der Waals surface area contributed by atoms with Crippen molar-refractivity contribution >= 4 is 44.7 Å². The highest BCUT2D eigenvalue weighted by Gasteiger charge is 2.19. The normalized spacial score (nSPS) is 16.1. The Bertz CT molecular complexity index is 1830. The third-order valence-corrected chi connectivity index (χ3v) is 7.29. The monoisotopic (exact) mass is 529 g/mol. The number of rotatable bonds is 5. The molecule has 1 atom stereocenters. The van der Waals surface area contributed by atoms with Gasteiger partial charge in [0, 0.05) is 22.9 Å². The van der Waals surface area contributed by atoms with Crippen molar-refractivity contribution in [1.29, 1.82) is 5.26 Å². The number of nitrogens with zero attached hydrogens (tertiary/aromatic N) is 3. The number of hydrogen-bond donors (Lipinski definition) is 0. The lowest BCUT2D eigenvalue weighted by molar-refractivity contribution is 0.133. The van der Waals surface area contributed by atoms with Crippen LogP contribution in [0.15, 0.2) is 138 Å². The number of hydrogen-bond acceptors (Lipinski definition) is 3. The van der Waals surface area contributed by atoms with Gasteiger partial charge in [-0.05, 0) is 65.3 Å². The third kappa shape index (κ3) is 5.20. The Morgan fingerprint density at radius 3 is 2.00 bits per heavy atom. The molecule has 5 aromatic rings. The molecule has 1 aliphatic rings. The first-order valence-corrected chi connectivity index (χ1v) is 13.6. The van der Waals surface area contributed by atoms with E-state index in [0.717, 1.165) is 28.2 Å². The summed E-state index contributed by atoms with van der Waals surface area (Å²) >= 11 is 0. The summed E-state index contributed by atoms with van der Waals surface area (Å²) < 4.78 is 5.96. The van der Waals surface area contributed by atoms with E-state index < -0.39 is 0 Å². The highest BCUT2D eigenvalue weighted by molar-refractivity contribution is 6.04. The summed E-state index contributed by atoms with van der Waals surface area (Å²) in [6.07, 6.45) is 6.14. The SMILES string of the molecule is [C-]#[N+]/C(C#N)=C1C=C(/C=C/c2ccc(N(c3cccc4ccccc34)c3cccc4ccccc34)cc2)OC(C)C\1. The molecule has 196 valence electrons. The molecular weight excluding hydrogens is 502 g/mol. The van der Waals surface area contributed by atoms with Gasteiger partial charge >= 0.3 is 0 Å². The fraction of sp³-hybridized carbons (Fsp3) is 0.0811. The molecule has 5 aromatic carbocycles. The lowest BCUT2D eigenvalue weighted by Crippen LogP contribution is -2.13. The van der Waals surface area contributed by atoms with Gasteiger partial charge < -0.3 is 9.64 Å². The largest absolute Gasteiger partial charge is 0.490 e. The molecular formula is C37H27N3O. The quantitative estimate of drug-likeness (QED) is 0.168. The zero-order valence-electron chi connectivity index (χ0n) is 22.7. The number of ether oxygens (including phenoxy) is 1. The highest BCUT2D eigenvalue weighted by atomic mass is 16.5. The van der Waals surface area contributed by atoms with E-state index in [1.54, 1.807) is 6.08 Å². The van der Waals surface area contributed by atoms with Crippen LogP contribution in [-0.2, 0) is 4.74 Å². The van der Waals surface area contributed by atoms with E-state index in [1.807, 2.05) is 25.1 Å². The van der Waals surface area contributed by atoms with Crippen LogP contribution in [0.1, 0.15) is 18.9 Å². The molecule has 0 bridgehead atoms. The third-order valence-electron chi connectivity index (χ3n) is 7.29. The molecule has 0 spiro atoms. The number of allylic oxidation sites excluding steroid dienone is 3.